The highest BCUT2D eigenvalue weighted by Crippen LogP contribution is 2.22. The third kappa shape index (κ3) is 8.16. The second-order valence-electron chi connectivity index (χ2n) is 6.95. The van der Waals surface area contributed by atoms with Gasteiger partial charge >= 0.3 is 0 Å². The van der Waals surface area contributed by atoms with Crippen LogP contribution < -0.4 is 4.74 Å². The molecule has 31 heavy (non-hydrogen) atoms. The lowest BCUT2D eigenvalue weighted by Crippen LogP contribution is -1.93. The Hall–Kier alpha value is -3.28. The van der Waals surface area contributed by atoms with Crippen LogP contribution in [-0.4, -0.2) is 25.8 Å². The maximum absolute atomic E-state index is 11.2. The lowest BCUT2D eigenvalue weighted by Gasteiger charge is -2.07. The van der Waals surface area contributed by atoms with Crippen LogP contribution in [-0.2, 0) is 22.7 Å². The minimum absolute atomic E-state index is 0.0514. The molecule has 0 heterocycles. The average molecular weight is 421 g/mol. The molecule has 5 nitrogen and oxygen atoms in total. The molecular formula is C26H28O5. The Morgan fingerprint density at radius 3 is 1.26 bits per heavy atom. The summed E-state index contributed by atoms with van der Waals surface area (Å²) in [6, 6.07) is 22.3. The lowest BCUT2D eigenvalue weighted by atomic mass is 10.1. The number of carbonyl (C=O) groups is 2. The fourth-order valence-corrected chi connectivity index (χ4v) is 2.72. The quantitative estimate of drug-likeness (QED) is 0.427. The number of Topliss-reactive ketones (excluding diaryl/α,β-unsaturated/α-hetero) is 2. The third-order valence-corrected chi connectivity index (χ3v) is 4.40. The van der Waals surface area contributed by atoms with Gasteiger partial charge in [0, 0.05) is 25.3 Å². The summed E-state index contributed by atoms with van der Waals surface area (Å²) in [5.74, 6) is 1.62. The Balaban J connectivity index is 0.000000245. The van der Waals surface area contributed by atoms with Gasteiger partial charge in [-0.1, -0.05) is 36.4 Å². The molecule has 0 spiro atoms. The average Bonchev–Trinajstić information content (AvgIpc) is 2.77. The Morgan fingerprint density at radius 2 is 0.903 bits per heavy atom. The van der Waals surface area contributed by atoms with Crippen molar-refractivity contribution in [2.24, 2.45) is 0 Å². The molecule has 0 fully saturated rings. The SMILES string of the molecule is COCc1ccc(C(C)=O)cc1.COCc1ccc(Oc2ccc(C(C)=O)cc2)cc1. The molecule has 0 aromatic heterocycles. The van der Waals surface area contributed by atoms with Gasteiger partial charge in [0.25, 0.3) is 0 Å². The molecule has 3 aromatic carbocycles. The van der Waals surface area contributed by atoms with Crippen LogP contribution in [0.1, 0.15) is 45.7 Å². The van der Waals surface area contributed by atoms with Crippen molar-refractivity contribution in [3.8, 4) is 11.5 Å². The summed E-state index contributed by atoms with van der Waals surface area (Å²) in [5, 5.41) is 0. The maximum atomic E-state index is 11.2. The summed E-state index contributed by atoms with van der Waals surface area (Å²) in [4.78, 5) is 22.0. The van der Waals surface area contributed by atoms with Crippen molar-refractivity contribution in [3.63, 3.8) is 0 Å². The molecule has 0 unspecified atom stereocenters. The van der Waals surface area contributed by atoms with Crippen molar-refractivity contribution in [3.05, 3.63) is 95.1 Å². The summed E-state index contributed by atoms with van der Waals surface area (Å²) < 4.78 is 15.7. The smallest absolute Gasteiger partial charge is 0.159 e. The predicted octanol–water partition coefficient (Wildman–Crippen LogP) is 5.86. The molecule has 0 amide bonds. The number of hydrogen-bond acceptors (Lipinski definition) is 5. The summed E-state index contributed by atoms with van der Waals surface area (Å²) in [6.07, 6.45) is 0. The van der Waals surface area contributed by atoms with E-state index in [1.165, 1.54) is 0 Å². The van der Waals surface area contributed by atoms with E-state index in [0.717, 1.165) is 22.4 Å². The Labute approximate surface area is 183 Å². The number of carbonyl (C=O) groups excluding carboxylic acids is 2. The largest absolute Gasteiger partial charge is 0.457 e. The molecule has 0 bridgehead atoms. The van der Waals surface area contributed by atoms with E-state index >= 15 is 0 Å². The lowest BCUT2D eigenvalue weighted by molar-refractivity contribution is 0.100. The van der Waals surface area contributed by atoms with Crippen molar-refractivity contribution in [1.82, 2.24) is 0 Å². The molecule has 3 aromatic rings. The van der Waals surface area contributed by atoms with Crippen LogP contribution in [0, 0.1) is 0 Å². The fraction of sp³-hybridized carbons (Fsp3) is 0.231. The Kier molecular flexibility index (Phi) is 9.62. The molecule has 3 rings (SSSR count). The first kappa shape index (κ1) is 24.0. The van der Waals surface area contributed by atoms with Gasteiger partial charge < -0.3 is 14.2 Å². The van der Waals surface area contributed by atoms with Crippen LogP contribution >= 0.6 is 0 Å². The normalized spacial score (nSPS) is 10.1. The fourth-order valence-electron chi connectivity index (χ4n) is 2.72. The van der Waals surface area contributed by atoms with Gasteiger partial charge in [-0.2, -0.15) is 0 Å². The highest BCUT2D eigenvalue weighted by atomic mass is 16.5. The molecule has 0 radical (unpaired) electrons. The Morgan fingerprint density at radius 1 is 0.581 bits per heavy atom. The van der Waals surface area contributed by atoms with Crippen LogP contribution in [0.5, 0.6) is 11.5 Å². The van der Waals surface area contributed by atoms with E-state index < -0.39 is 0 Å². The first-order chi connectivity index (χ1) is 14.9. The second-order valence-corrected chi connectivity index (χ2v) is 6.95. The predicted molar refractivity (Wildman–Crippen MR) is 121 cm³/mol. The van der Waals surface area contributed by atoms with Crippen LogP contribution in [0.4, 0.5) is 0 Å². The highest BCUT2D eigenvalue weighted by Gasteiger charge is 2.01. The van der Waals surface area contributed by atoms with Gasteiger partial charge in [0.1, 0.15) is 11.5 Å². The number of hydrogen-bond donors (Lipinski definition) is 0. The first-order valence-corrected chi connectivity index (χ1v) is 9.88. The molecular weight excluding hydrogens is 392 g/mol. The van der Waals surface area contributed by atoms with Gasteiger partial charge in [0.2, 0.25) is 0 Å². The van der Waals surface area contributed by atoms with Gasteiger partial charge in [-0.15, -0.1) is 0 Å². The van der Waals surface area contributed by atoms with Crippen molar-refractivity contribution >= 4 is 11.6 Å². The van der Waals surface area contributed by atoms with Crippen LogP contribution in [0.2, 0.25) is 0 Å². The standard InChI is InChI=1S/C16H16O3.C10H12O2/c1-12(17)14-5-9-16(10-6-14)19-15-7-3-13(4-8-15)11-18-2;1-8(11)10-5-3-9(4-6-10)7-12-2/h3-10H,11H2,1-2H3;3-6H,7H2,1-2H3. The molecule has 0 N–H and O–H groups in total. The molecule has 0 saturated carbocycles. The molecule has 0 aliphatic heterocycles. The van der Waals surface area contributed by atoms with E-state index in [9.17, 15) is 9.59 Å². The minimum Gasteiger partial charge on any atom is -0.457 e. The first-order valence-electron chi connectivity index (χ1n) is 9.88. The van der Waals surface area contributed by atoms with Gasteiger partial charge in [-0.25, -0.2) is 0 Å². The molecule has 0 aliphatic carbocycles. The Bertz CT molecular complexity index is 958. The van der Waals surface area contributed by atoms with E-state index in [4.69, 9.17) is 14.2 Å². The zero-order chi connectivity index (χ0) is 22.6. The van der Waals surface area contributed by atoms with E-state index in [1.807, 2.05) is 48.5 Å². The summed E-state index contributed by atoms with van der Waals surface area (Å²) in [7, 11) is 3.32. The van der Waals surface area contributed by atoms with Crippen molar-refractivity contribution in [2.75, 3.05) is 14.2 Å². The molecule has 5 heteroatoms. The number of benzene rings is 3. The topological polar surface area (TPSA) is 61.8 Å². The third-order valence-electron chi connectivity index (χ3n) is 4.40. The summed E-state index contributed by atoms with van der Waals surface area (Å²) in [6.45, 7) is 4.29. The van der Waals surface area contributed by atoms with E-state index in [2.05, 4.69) is 0 Å². The van der Waals surface area contributed by atoms with E-state index in [0.29, 0.717) is 24.5 Å². The number of ketones is 2. The van der Waals surface area contributed by atoms with Crippen molar-refractivity contribution < 1.29 is 23.8 Å². The summed E-state index contributed by atoms with van der Waals surface area (Å²) in [5.41, 5.74) is 3.61. The van der Waals surface area contributed by atoms with Crippen LogP contribution in [0.3, 0.4) is 0 Å². The number of rotatable bonds is 8. The van der Waals surface area contributed by atoms with Crippen LogP contribution in [0.15, 0.2) is 72.8 Å². The van der Waals surface area contributed by atoms with Gasteiger partial charge in [0.05, 0.1) is 13.2 Å². The maximum Gasteiger partial charge on any atom is 0.159 e. The minimum atomic E-state index is 0.0514. The zero-order valence-electron chi connectivity index (χ0n) is 18.4. The zero-order valence-corrected chi connectivity index (χ0v) is 18.4. The van der Waals surface area contributed by atoms with Crippen molar-refractivity contribution in [1.29, 1.82) is 0 Å². The van der Waals surface area contributed by atoms with Gasteiger partial charge in [-0.3, -0.25) is 9.59 Å². The van der Waals surface area contributed by atoms with Gasteiger partial charge in [-0.05, 0) is 61.4 Å². The van der Waals surface area contributed by atoms with Gasteiger partial charge in [0.15, 0.2) is 11.6 Å². The van der Waals surface area contributed by atoms with Crippen LogP contribution in [0.25, 0.3) is 0 Å². The van der Waals surface area contributed by atoms with E-state index in [1.54, 1.807) is 52.3 Å². The molecule has 0 saturated heterocycles. The number of methoxy groups -OCH3 is 2. The molecule has 0 atom stereocenters. The molecule has 162 valence electrons. The monoisotopic (exact) mass is 420 g/mol. The second kappa shape index (κ2) is 12.4. The molecule has 0 aliphatic rings. The highest BCUT2D eigenvalue weighted by molar-refractivity contribution is 5.94. The number of ether oxygens (including phenoxy) is 3. The summed E-state index contributed by atoms with van der Waals surface area (Å²) >= 11 is 0. The van der Waals surface area contributed by atoms with Crippen molar-refractivity contribution in [2.45, 2.75) is 27.1 Å². The van der Waals surface area contributed by atoms with E-state index in [-0.39, 0.29) is 11.6 Å².